The average Bonchev–Trinajstić information content (AvgIpc) is 2.58. The molecule has 5 nitrogen and oxygen atoms in total. The Kier molecular flexibility index (Phi) is 4.98. The molecule has 0 spiro atoms. The minimum absolute atomic E-state index is 0.0610. The molecule has 0 unspecified atom stereocenters. The van der Waals surface area contributed by atoms with Gasteiger partial charge in [-0.2, -0.15) is 8.78 Å². The van der Waals surface area contributed by atoms with Gasteiger partial charge in [-0.3, -0.25) is 9.36 Å². The number of methoxy groups -OCH3 is 1. The summed E-state index contributed by atoms with van der Waals surface area (Å²) in [6.45, 7) is -2.72. The molecular weight excluding hydrogens is 398 g/mol. The fourth-order valence-electron chi connectivity index (χ4n) is 2.44. The summed E-state index contributed by atoms with van der Waals surface area (Å²) in [7, 11) is 1.36. The van der Waals surface area contributed by atoms with Crippen LogP contribution in [0.5, 0.6) is 11.5 Å². The number of hydrogen-bond donors (Lipinski definition) is 0. The molecule has 0 fully saturated rings. The number of alkyl halides is 2. The van der Waals surface area contributed by atoms with Crippen molar-refractivity contribution in [3.63, 3.8) is 0 Å². The Morgan fingerprint density at radius 1 is 1.20 bits per heavy atom. The number of ether oxygens (including phenoxy) is 2. The number of fused-ring (bicyclic) bond motifs is 1. The largest absolute Gasteiger partial charge is 0.493 e. The Morgan fingerprint density at radius 3 is 2.72 bits per heavy atom. The van der Waals surface area contributed by atoms with Gasteiger partial charge in [0.1, 0.15) is 0 Å². The van der Waals surface area contributed by atoms with E-state index in [2.05, 4.69) is 25.7 Å². The number of benzene rings is 2. The molecule has 0 saturated carbocycles. The van der Waals surface area contributed by atoms with E-state index in [1.54, 1.807) is 24.3 Å². The van der Waals surface area contributed by atoms with Gasteiger partial charge in [0.05, 0.1) is 30.9 Å². The third-order valence-corrected chi connectivity index (χ3v) is 4.08. The van der Waals surface area contributed by atoms with Crippen molar-refractivity contribution in [1.82, 2.24) is 9.55 Å². The van der Waals surface area contributed by atoms with Crippen LogP contribution in [0.2, 0.25) is 0 Å². The first-order chi connectivity index (χ1) is 12.0. The Hall–Kier alpha value is -2.48. The van der Waals surface area contributed by atoms with Gasteiger partial charge in [-0.15, -0.1) is 0 Å². The molecule has 0 N–H and O–H groups in total. The van der Waals surface area contributed by atoms with Gasteiger partial charge in [-0.05, 0) is 35.9 Å². The molecule has 1 aromatic heterocycles. The summed E-state index contributed by atoms with van der Waals surface area (Å²) in [6, 6.07) is 9.81. The molecule has 3 aromatic rings. The highest BCUT2D eigenvalue weighted by Crippen LogP contribution is 2.29. The number of aromatic nitrogens is 2. The second kappa shape index (κ2) is 7.18. The number of hydrogen-bond acceptors (Lipinski definition) is 4. The molecule has 1 heterocycles. The van der Waals surface area contributed by atoms with E-state index >= 15 is 0 Å². The number of halogens is 3. The maximum atomic E-state index is 12.6. The summed E-state index contributed by atoms with van der Waals surface area (Å²) in [5, 5.41) is 0.487. The predicted octanol–water partition coefficient (Wildman–Crippen LogP) is 3.82. The quantitative estimate of drug-likeness (QED) is 0.641. The van der Waals surface area contributed by atoms with Crippen LogP contribution in [0.15, 0.2) is 52.0 Å². The van der Waals surface area contributed by atoms with Crippen LogP contribution in [0.25, 0.3) is 10.9 Å². The van der Waals surface area contributed by atoms with Gasteiger partial charge >= 0.3 is 6.61 Å². The third kappa shape index (κ3) is 3.79. The van der Waals surface area contributed by atoms with Gasteiger partial charge in [-0.25, -0.2) is 4.98 Å². The highest BCUT2D eigenvalue weighted by molar-refractivity contribution is 9.10. The van der Waals surface area contributed by atoms with E-state index in [0.29, 0.717) is 16.5 Å². The monoisotopic (exact) mass is 410 g/mol. The van der Waals surface area contributed by atoms with Crippen molar-refractivity contribution < 1.29 is 18.3 Å². The van der Waals surface area contributed by atoms with Crippen molar-refractivity contribution in [3.8, 4) is 11.5 Å². The van der Waals surface area contributed by atoms with Crippen molar-refractivity contribution in [2.24, 2.45) is 0 Å². The van der Waals surface area contributed by atoms with Gasteiger partial charge in [0.25, 0.3) is 5.56 Å². The summed E-state index contributed by atoms with van der Waals surface area (Å²) in [6.07, 6.45) is 1.45. The van der Waals surface area contributed by atoms with Crippen LogP contribution in [0.1, 0.15) is 5.56 Å². The smallest absolute Gasteiger partial charge is 0.387 e. The van der Waals surface area contributed by atoms with Crippen LogP contribution < -0.4 is 15.0 Å². The van der Waals surface area contributed by atoms with Gasteiger partial charge in [0, 0.05) is 4.47 Å². The fourth-order valence-corrected chi connectivity index (χ4v) is 2.81. The van der Waals surface area contributed by atoms with Crippen molar-refractivity contribution in [2.45, 2.75) is 13.2 Å². The lowest BCUT2D eigenvalue weighted by molar-refractivity contribution is -0.0512. The zero-order valence-corrected chi connectivity index (χ0v) is 14.7. The van der Waals surface area contributed by atoms with Crippen molar-refractivity contribution in [2.75, 3.05) is 7.11 Å². The second-order valence-electron chi connectivity index (χ2n) is 5.20. The van der Waals surface area contributed by atoms with E-state index in [-0.39, 0.29) is 23.6 Å². The zero-order chi connectivity index (χ0) is 18.0. The van der Waals surface area contributed by atoms with E-state index in [4.69, 9.17) is 4.74 Å². The summed E-state index contributed by atoms with van der Waals surface area (Å²) in [4.78, 5) is 16.9. The second-order valence-corrected chi connectivity index (χ2v) is 6.12. The molecule has 0 amide bonds. The van der Waals surface area contributed by atoms with E-state index in [9.17, 15) is 13.6 Å². The van der Waals surface area contributed by atoms with Crippen LogP contribution >= 0.6 is 15.9 Å². The maximum absolute atomic E-state index is 12.6. The zero-order valence-electron chi connectivity index (χ0n) is 13.1. The predicted molar refractivity (Wildman–Crippen MR) is 92.4 cm³/mol. The molecule has 0 aliphatic rings. The average molecular weight is 411 g/mol. The Balaban J connectivity index is 1.96. The van der Waals surface area contributed by atoms with Crippen LogP contribution in [0.4, 0.5) is 8.78 Å². The van der Waals surface area contributed by atoms with Crippen molar-refractivity contribution in [3.05, 3.63) is 63.1 Å². The molecule has 130 valence electrons. The molecule has 2 aromatic carbocycles. The summed E-state index contributed by atoms with van der Waals surface area (Å²) >= 11 is 3.34. The standard InChI is InChI=1S/C17H13BrF2N2O3/c1-24-15-6-10(2-5-14(15)25-17(19)20)8-22-9-21-13-4-3-11(18)7-12(13)16(22)23/h2-7,9,17H,8H2,1H3. The van der Waals surface area contributed by atoms with Crippen molar-refractivity contribution in [1.29, 1.82) is 0 Å². The lowest BCUT2D eigenvalue weighted by Gasteiger charge is -2.12. The number of nitrogens with zero attached hydrogens (tertiary/aromatic N) is 2. The van der Waals surface area contributed by atoms with Gasteiger partial charge in [0.15, 0.2) is 11.5 Å². The molecule has 8 heteroatoms. The molecule has 0 bridgehead atoms. The van der Waals surface area contributed by atoms with Gasteiger partial charge in [-0.1, -0.05) is 22.0 Å². The normalized spacial score (nSPS) is 11.1. The van der Waals surface area contributed by atoms with Gasteiger partial charge < -0.3 is 9.47 Å². The van der Waals surface area contributed by atoms with Crippen LogP contribution in [-0.4, -0.2) is 23.3 Å². The topological polar surface area (TPSA) is 53.4 Å². The number of rotatable bonds is 5. The van der Waals surface area contributed by atoms with E-state index in [1.807, 2.05) is 6.07 Å². The fraction of sp³-hybridized carbons (Fsp3) is 0.176. The minimum atomic E-state index is -2.94. The summed E-state index contributed by atoms with van der Waals surface area (Å²) in [5.41, 5.74) is 1.09. The molecule has 0 saturated heterocycles. The Morgan fingerprint density at radius 2 is 2.00 bits per heavy atom. The molecule has 25 heavy (non-hydrogen) atoms. The van der Waals surface area contributed by atoms with Crippen LogP contribution in [0, 0.1) is 0 Å². The molecule has 0 radical (unpaired) electrons. The minimum Gasteiger partial charge on any atom is -0.493 e. The van der Waals surface area contributed by atoms with Crippen molar-refractivity contribution >= 4 is 26.8 Å². The molecule has 0 aliphatic heterocycles. The third-order valence-electron chi connectivity index (χ3n) is 3.58. The first-order valence-electron chi connectivity index (χ1n) is 7.24. The van der Waals surface area contributed by atoms with Crippen LogP contribution in [0.3, 0.4) is 0 Å². The lowest BCUT2D eigenvalue weighted by Crippen LogP contribution is -2.21. The highest BCUT2D eigenvalue weighted by atomic mass is 79.9. The lowest BCUT2D eigenvalue weighted by atomic mass is 10.2. The van der Waals surface area contributed by atoms with Gasteiger partial charge in [0.2, 0.25) is 0 Å². The first-order valence-corrected chi connectivity index (χ1v) is 8.03. The van der Waals surface area contributed by atoms with E-state index < -0.39 is 6.61 Å². The molecule has 0 atom stereocenters. The Bertz CT molecular complexity index is 976. The summed E-state index contributed by atoms with van der Waals surface area (Å²) in [5.74, 6) is 0.108. The Labute approximate surface area is 150 Å². The highest BCUT2D eigenvalue weighted by Gasteiger charge is 2.12. The SMILES string of the molecule is COc1cc(Cn2cnc3ccc(Br)cc3c2=O)ccc1OC(F)F. The van der Waals surface area contributed by atoms with E-state index in [1.165, 1.54) is 24.1 Å². The van der Waals surface area contributed by atoms with Crippen LogP contribution in [-0.2, 0) is 6.54 Å². The summed E-state index contributed by atoms with van der Waals surface area (Å²) < 4.78 is 36.5. The molecular formula is C17H13BrF2N2O3. The maximum Gasteiger partial charge on any atom is 0.387 e. The molecule has 3 rings (SSSR count). The van der Waals surface area contributed by atoms with E-state index in [0.717, 1.165) is 4.47 Å². The first kappa shape index (κ1) is 17.3. The molecule has 0 aliphatic carbocycles.